The molecule has 1 saturated heterocycles. The van der Waals surface area contributed by atoms with E-state index in [0.29, 0.717) is 5.56 Å². The second-order valence-corrected chi connectivity index (χ2v) is 8.53. The van der Waals surface area contributed by atoms with E-state index in [1.165, 1.54) is 18.0 Å². The Hall–Kier alpha value is -1.57. The lowest BCUT2D eigenvalue weighted by atomic mass is 9.92. The van der Waals surface area contributed by atoms with Crippen LogP contribution in [-0.2, 0) is 6.42 Å². The molecule has 2 nitrogen and oxygen atoms in total. The Labute approximate surface area is 167 Å². The molecule has 0 aliphatic carbocycles. The second kappa shape index (κ2) is 8.43. The molecule has 2 aromatic rings. The molecule has 0 amide bonds. The van der Waals surface area contributed by atoms with Gasteiger partial charge in [-0.1, -0.05) is 37.1 Å². The maximum atomic E-state index is 15.2. The van der Waals surface area contributed by atoms with Crippen LogP contribution < -0.4 is 4.72 Å². The van der Waals surface area contributed by atoms with Crippen LogP contribution in [0, 0.1) is 17.5 Å². The maximum absolute atomic E-state index is 15.2. The Kier molecular flexibility index (Phi) is 6.37. The van der Waals surface area contributed by atoms with Crippen LogP contribution in [0.15, 0.2) is 36.4 Å². The minimum atomic E-state index is -1.44. The smallest absolute Gasteiger partial charge is 0.138 e. The number of nitrogens with one attached hydrogen (secondary N) is 1. The number of likely N-dealkylation sites (N-methyl/N-ethyl adjacent to an activating group) is 1. The molecule has 28 heavy (non-hydrogen) atoms. The zero-order valence-corrected chi connectivity index (χ0v) is 16.9. The summed E-state index contributed by atoms with van der Waals surface area (Å²) in [6, 6.07) is 7.04. The lowest BCUT2D eigenvalue weighted by Gasteiger charge is -2.28. The van der Waals surface area contributed by atoms with Gasteiger partial charge in [0.15, 0.2) is 0 Å². The van der Waals surface area contributed by atoms with Gasteiger partial charge in [-0.2, -0.15) is 0 Å². The first-order valence-electron chi connectivity index (χ1n) is 9.23. The average Bonchev–Trinajstić information content (AvgIpc) is 2.82. The van der Waals surface area contributed by atoms with Crippen LogP contribution in [0.5, 0.6) is 0 Å². The normalized spacial score (nSPS) is 25.4. The Bertz CT molecular complexity index is 823. The lowest BCUT2D eigenvalue weighted by Crippen LogP contribution is -2.47. The van der Waals surface area contributed by atoms with Gasteiger partial charge in [0.25, 0.3) is 0 Å². The van der Waals surface area contributed by atoms with Crippen LogP contribution in [0.3, 0.4) is 0 Å². The number of benzene rings is 2. The maximum Gasteiger partial charge on any atom is 0.138 e. The standard InChI is InChI=1S/C21H24F4N2S/c1-4-28-26-20-18(27(3)12-21(20,2)25)10-13-6-5-7-17(19(13)24)14-8-15(22)11-16(23)9-14/h5-9,11,18,20,26H,4,10,12H2,1-3H3. The molecule has 3 atom stereocenters. The molecule has 0 aromatic heterocycles. The highest BCUT2D eigenvalue weighted by molar-refractivity contribution is 7.97. The molecule has 3 rings (SSSR count). The fraction of sp³-hybridized carbons (Fsp3) is 0.429. The van der Waals surface area contributed by atoms with Crippen LogP contribution >= 0.6 is 11.9 Å². The third-order valence-electron chi connectivity index (χ3n) is 5.19. The second-order valence-electron chi connectivity index (χ2n) is 7.43. The van der Waals surface area contributed by atoms with Crippen LogP contribution in [-0.4, -0.2) is 42.0 Å². The van der Waals surface area contributed by atoms with E-state index in [2.05, 4.69) is 4.72 Å². The van der Waals surface area contributed by atoms with Crippen molar-refractivity contribution in [3.8, 4) is 11.1 Å². The fourth-order valence-corrected chi connectivity index (χ4v) is 4.65. The summed E-state index contributed by atoms with van der Waals surface area (Å²) in [5.74, 6) is -1.26. The summed E-state index contributed by atoms with van der Waals surface area (Å²) in [4.78, 5) is 1.89. The number of hydrogen-bond donors (Lipinski definition) is 1. The number of rotatable bonds is 6. The van der Waals surface area contributed by atoms with Gasteiger partial charge in [0, 0.05) is 30.0 Å². The molecule has 152 valence electrons. The summed E-state index contributed by atoms with van der Waals surface area (Å²) in [7, 11) is 1.82. The minimum absolute atomic E-state index is 0.131. The average molecular weight is 412 g/mol. The molecule has 0 radical (unpaired) electrons. The Balaban J connectivity index is 1.92. The molecular weight excluding hydrogens is 388 g/mol. The van der Waals surface area contributed by atoms with Crippen molar-refractivity contribution >= 4 is 11.9 Å². The minimum Gasteiger partial charge on any atom is -0.298 e. The van der Waals surface area contributed by atoms with E-state index < -0.39 is 29.2 Å². The summed E-state index contributed by atoms with van der Waals surface area (Å²) < 4.78 is 60.5. The van der Waals surface area contributed by atoms with Gasteiger partial charge in [0.1, 0.15) is 23.1 Å². The topological polar surface area (TPSA) is 15.3 Å². The van der Waals surface area contributed by atoms with Gasteiger partial charge in [-0.3, -0.25) is 9.62 Å². The third kappa shape index (κ3) is 4.36. The third-order valence-corrected chi connectivity index (χ3v) is 5.90. The molecule has 0 bridgehead atoms. The van der Waals surface area contributed by atoms with E-state index in [-0.39, 0.29) is 30.1 Å². The van der Waals surface area contributed by atoms with E-state index in [9.17, 15) is 8.78 Å². The number of likely N-dealkylation sites (tertiary alicyclic amines) is 1. The van der Waals surface area contributed by atoms with Crippen molar-refractivity contribution in [2.24, 2.45) is 0 Å². The first kappa shape index (κ1) is 21.1. The van der Waals surface area contributed by atoms with Crippen molar-refractivity contribution in [1.29, 1.82) is 0 Å². The molecule has 1 fully saturated rings. The molecule has 0 saturated carbocycles. The van der Waals surface area contributed by atoms with Gasteiger partial charge in [0.2, 0.25) is 0 Å². The van der Waals surface area contributed by atoms with Crippen LogP contribution in [0.4, 0.5) is 17.6 Å². The lowest BCUT2D eigenvalue weighted by molar-refractivity contribution is 0.174. The van der Waals surface area contributed by atoms with Crippen molar-refractivity contribution in [3.05, 3.63) is 59.4 Å². The molecular formula is C21H24F4N2S. The highest BCUT2D eigenvalue weighted by Gasteiger charge is 2.49. The van der Waals surface area contributed by atoms with Gasteiger partial charge < -0.3 is 0 Å². The molecule has 2 aromatic carbocycles. The monoisotopic (exact) mass is 412 g/mol. The molecule has 1 aliphatic heterocycles. The van der Waals surface area contributed by atoms with E-state index in [0.717, 1.165) is 24.0 Å². The van der Waals surface area contributed by atoms with Crippen molar-refractivity contribution in [2.45, 2.75) is 38.0 Å². The number of hydrogen-bond acceptors (Lipinski definition) is 3. The number of halogens is 4. The van der Waals surface area contributed by atoms with Gasteiger partial charge in [0.05, 0.1) is 6.04 Å². The summed E-state index contributed by atoms with van der Waals surface area (Å²) in [6.07, 6.45) is 0.287. The molecule has 1 heterocycles. The first-order valence-corrected chi connectivity index (χ1v) is 10.2. The first-order chi connectivity index (χ1) is 13.2. The number of alkyl halides is 1. The van der Waals surface area contributed by atoms with Gasteiger partial charge in [-0.25, -0.2) is 17.6 Å². The molecule has 0 spiro atoms. The Morgan fingerprint density at radius 2 is 1.86 bits per heavy atom. The van der Waals surface area contributed by atoms with Crippen LogP contribution in [0.2, 0.25) is 0 Å². The summed E-state index contributed by atoms with van der Waals surface area (Å²) in [6.45, 7) is 3.78. The zero-order chi connectivity index (χ0) is 20.5. The van der Waals surface area contributed by atoms with Crippen molar-refractivity contribution in [2.75, 3.05) is 19.3 Å². The quantitative estimate of drug-likeness (QED) is 0.532. The van der Waals surface area contributed by atoms with Gasteiger partial charge in [-0.05, 0) is 43.7 Å². The van der Waals surface area contributed by atoms with E-state index in [1.807, 2.05) is 18.9 Å². The molecule has 1 N–H and O–H groups in total. The predicted octanol–water partition coefficient (Wildman–Crippen LogP) is 4.98. The summed E-state index contributed by atoms with van der Waals surface area (Å²) in [5, 5.41) is 0. The fourth-order valence-electron chi connectivity index (χ4n) is 3.90. The molecule has 1 aliphatic rings. The molecule has 3 unspecified atom stereocenters. The SMILES string of the molecule is CCSNC1C(Cc2cccc(-c3cc(F)cc(F)c3)c2F)N(C)CC1(C)F. The van der Waals surface area contributed by atoms with Crippen molar-refractivity contribution in [3.63, 3.8) is 0 Å². The van der Waals surface area contributed by atoms with Crippen LogP contribution in [0.25, 0.3) is 11.1 Å². The Morgan fingerprint density at radius 1 is 1.18 bits per heavy atom. The molecule has 7 heteroatoms. The largest absolute Gasteiger partial charge is 0.298 e. The van der Waals surface area contributed by atoms with Gasteiger partial charge >= 0.3 is 0 Å². The predicted molar refractivity (Wildman–Crippen MR) is 106 cm³/mol. The van der Waals surface area contributed by atoms with Crippen molar-refractivity contribution in [1.82, 2.24) is 9.62 Å². The Morgan fingerprint density at radius 3 is 2.50 bits per heavy atom. The van der Waals surface area contributed by atoms with Crippen LogP contribution in [0.1, 0.15) is 19.4 Å². The highest BCUT2D eigenvalue weighted by Crippen LogP contribution is 2.34. The van der Waals surface area contributed by atoms with E-state index >= 15 is 8.78 Å². The zero-order valence-electron chi connectivity index (χ0n) is 16.1. The summed E-state index contributed by atoms with van der Waals surface area (Å²) in [5.41, 5.74) is -0.776. The van der Waals surface area contributed by atoms with E-state index in [4.69, 9.17) is 0 Å². The number of nitrogens with zero attached hydrogens (tertiary/aromatic N) is 1. The van der Waals surface area contributed by atoms with Crippen molar-refractivity contribution < 1.29 is 17.6 Å². The van der Waals surface area contributed by atoms with Gasteiger partial charge in [-0.15, -0.1) is 0 Å². The highest BCUT2D eigenvalue weighted by atomic mass is 32.2. The summed E-state index contributed by atoms with van der Waals surface area (Å²) >= 11 is 1.44. The van der Waals surface area contributed by atoms with E-state index in [1.54, 1.807) is 19.1 Å².